The number of amides is 1. The molecule has 2 aliphatic heterocycles. The van der Waals surface area contributed by atoms with Gasteiger partial charge in [0.25, 0.3) is 0 Å². The molecule has 2 aliphatic rings. The molecular weight excluding hydrogens is 302 g/mol. The molecule has 0 unspecified atom stereocenters. The fourth-order valence-corrected chi connectivity index (χ4v) is 4.16. The largest absolute Gasteiger partial charge is 0.350 e. The van der Waals surface area contributed by atoms with E-state index in [0.717, 1.165) is 38.2 Å². The number of piperidine rings is 1. The van der Waals surface area contributed by atoms with Gasteiger partial charge < -0.3 is 5.32 Å². The lowest BCUT2D eigenvalue weighted by molar-refractivity contribution is -0.120. The summed E-state index contributed by atoms with van der Waals surface area (Å²) < 4.78 is 1.82. The van der Waals surface area contributed by atoms with Crippen LogP contribution in [0.2, 0.25) is 0 Å². The van der Waals surface area contributed by atoms with Crippen LogP contribution in [0, 0.1) is 0 Å². The second kappa shape index (κ2) is 6.02. The van der Waals surface area contributed by atoms with Crippen molar-refractivity contribution in [3.63, 3.8) is 0 Å². The van der Waals surface area contributed by atoms with Crippen LogP contribution in [0.25, 0.3) is 0 Å². The summed E-state index contributed by atoms with van der Waals surface area (Å²) in [4.78, 5) is 19.0. The normalized spacial score (nSPS) is 23.5. The molecule has 24 heavy (non-hydrogen) atoms. The lowest BCUT2D eigenvalue weighted by atomic mass is 9.75. The molecule has 0 bridgehead atoms. The second-order valence-electron chi connectivity index (χ2n) is 7.01. The van der Waals surface area contributed by atoms with Gasteiger partial charge in [0.2, 0.25) is 5.91 Å². The number of nitrogens with zero attached hydrogens (tertiary/aromatic N) is 4. The van der Waals surface area contributed by atoms with Crippen molar-refractivity contribution in [2.24, 2.45) is 7.05 Å². The molecular formula is C18H23N5O. The summed E-state index contributed by atoms with van der Waals surface area (Å²) in [7, 11) is 1.93. The topological polar surface area (TPSA) is 63.1 Å². The standard InChI is InChI=1S/C18H23N5O/c1-22-12-14(11-20-22)16-10-17(24)21-18(16)5-8-23(9-6-18)13-15-4-2-3-7-19-15/h2-4,7,11-12,16H,5-6,8-10,13H2,1H3,(H,21,24)/t16-/m0/s1. The first-order valence-electron chi connectivity index (χ1n) is 8.56. The Kier molecular flexibility index (Phi) is 3.84. The molecule has 1 spiro atoms. The van der Waals surface area contributed by atoms with Crippen molar-refractivity contribution >= 4 is 5.91 Å². The Morgan fingerprint density at radius 1 is 1.33 bits per heavy atom. The number of hydrogen-bond acceptors (Lipinski definition) is 4. The van der Waals surface area contributed by atoms with Gasteiger partial charge in [-0.2, -0.15) is 5.10 Å². The second-order valence-corrected chi connectivity index (χ2v) is 7.01. The van der Waals surface area contributed by atoms with Crippen LogP contribution in [-0.2, 0) is 18.4 Å². The molecule has 2 saturated heterocycles. The highest BCUT2D eigenvalue weighted by molar-refractivity contribution is 5.81. The first-order valence-corrected chi connectivity index (χ1v) is 8.56. The number of pyridine rings is 1. The number of hydrogen-bond donors (Lipinski definition) is 1. The lowest BCUT2D eigenvalue weighted by Crippen LogP contribution is -2.53. The van der Waals surface area contributed by atoms with Crippen molar-refractivity contribution in [3.05, 3.63) is 48.0 Å². The van der Waals surface area contributed by atoms with Crippen LogP contribution >= 0.6 is 0 Å². The van der Waals surface area contributed by atoms with Crippen molar-refractivity contribution in [2.75, 3.05) is 13.1 Å². The Balaban J connectivity index is 1.47. The fraction of sp³-hybridized carbons (Fsp3) is 0.500. The molecule has 1 N–H and O–H groups in total. The quantitative estimate of drug-likeness (QED) is 0.928. The van der Waals surface area contributed by atoms with Crippen LogP contribution < -0.4 is 5.32 Å². The zero-order valence-electron chi connectivity index (χ0n) is 14.0. The molecule has 6 nitrogen and oxygen atoms in total. The minimum atomic E-state index is -0.110. The average Bonchev–Trinajstić information content (AvgIpc) is 3.14. The highest BCUT2D eigenvalue weighted by atomic mass is 16.2. The van der Waals surface area contributed by atoms with E-state index in [-0.39, 0.29) is 17.4 Å². The molecule has 2 aromatic rings. The molecule has 2 fully saturated rings. The summed E-state index contributed by atoms with van der Waals surface area (Å²) in [6.07, 6.45) is 8.33. The Morgan fingerprint density at radius 3 is 2.83 bits per heavy atom. The highest BCUT2D eigenvalue weighted by Gasteiger charge is 2.48. The third-order valence-corrected chi connectivity index (χ3v) is 5.43. The molecule has 0 aliphatic carbocycles. The monoisotopic (exact) mass is 325 g/mol. The van der Waals surface area contributed by atoms with Gasteiger partial charge in [-0.05, 0) is 30.5 Å². The van der Waals surface area contributed by atoms with E-state index in [9.17, 15) is 4.79 Å². The maximum absolute atomic E-state index is 12.1. The number of likely N-dealkylation sites (tertiary alicyclic amines) is 1. The summed E-state index contributed by atoms with van der Waals surface area (Å²) in [6, 6.07) is 6.05. The number of carbonyl (C=O) groups excluding carboxylic acids is 1. The van der Waals surface area contributed by atoms with Crippen molar-refractivity contribution < 1.29 is 4.79 Å². The third kappa shape index (κ3) is 2.82. The molecule has 1 amide bonds. The van der Waals surface area contributed by atoms with Gasteiger partial charge in [0, 0.05) is 57.0 Å². The first-order chi connectivity index (χ1) is 11.6. The molecule has 4 heterocycles. The van der Waals surface area contributed by atoms with E-state index < -0.39 is 0 Å². The molecule has 0 aromatic carbocycles. The van der Waals surface area contributed by atoms with Gasteiger partial charge in [-0.15, -0.1) is 0 Å². The smallest absolute Gasteiger partial charge is 0.221 e. The van der Waals surface area contributed by atoms with Crippen LogP contribution in [0.1, 0.15) is 36.4 Å². The number of aromatic nitrogens is 3. The number of rotatable bonds is 3. The van der Waals surface area contributed by atoms with Crippen molar-refractivity contribution in [1.82, 2.24) is 25.0 Å². The molecule has 0 radical (unpaired) electrons. The van der Waals surface area contributed by atoms with Crippen LogP contribution in [0.3, 0.4) is 0 Å². The third-order valence-electron chi connectivity index (χ3n) is 5.43. The van der Waals surface area contributed by atoms with Gasteiger partial charge in [-0.1, -0.05) is 6.07 Å². The van der Waals surface area contributed by atoms with Gasteiger partial charge in [-0.25, -0.2) is 0 Å². The summed E-state index contributed by atoms with van der Waals surface area (Å²) in [6.45, 7) is 2.84. The highest BCUT2D eigenvalue weighted by Crippen LogP contribution is 2.43. The van der Waals surface area contributed by atoms with E-state index >= 15 is 0 Å². The lowest BCUT2D eigenvalue weighted by Gasteiger charge is -2.42. The average molecular weight is 325 g/mol. The van der Waals surface area contributed by atoms with Gasteiger partial charge in [0.15, 0.2) is 0 Å². The van der Waals surface area contributed by atoms with Crippen LogP contribution in [-0.4, -0.2) is 44.2 Å². The van der Waals surface area contributed by atoms with E-state index in [4.69, 9.17) is 0 Å². The zero-order chi connectivity index (χ0) is 16.6. The fourth-order valence-electron chi connectivity index (χ4n) is 4.16. The summed E-state index contributed by atoms with van der Waals surface area (Å²) in [5, 5.41) is 7.59. The van der Waals surface area contributed by atoms with Crippen LogP contribution in [0.5, 0.6) is 0 Å². The Bertz CT molecular complexity index is 718. The van der Waals surface area contributed by atoms with E-state index in [0.29, 0.717) is 6.42 Å². The van der Waals surface area contributed by atoms with Crippen LogP contribution in [0.4, 0.5) is 0 Å². The van der Waals surface area contributed by atoms with Crippen molar-refractivity contribution in [3.8, 4) is 0 Å². The van der Waals surface area contributed by atoms with Gasteiger partial charge in [0.05, 0.1) is 11.9 Å². The number of nitrogens with one attached hydrogen (secondary N) is 1. The Hall–Kier alpha value is -2.21. The molecule has 4 rings (SSSR count). The SMILES string of the molecule is Cn1cc([C@@H]2CC(=O)NC23CCN(Cc2ccccn2)CC3)cn1. The minimum absolute atomic E-state index is 0.110. The van der Waals surface area contributed by atoms with Gasteiger partial charge >= 0.3 is 0 Å². The molecule has 6 heteroatoms. The molecule has 0 saturated carbocycles. The maximum Gasteiger partial charge on any atom is 0.221 e. The van der Waals surface area contributed by atoms with Crippen LogP contribution in [0.15, 0.2) is 36.8 Å². The molecule has 2 aromatic heterocycles. The number of aryl methyl sites for hydroxylation is 1. The zero-order valence-corrected chi connectivity index (χ0v) is 14.0. The Labute approximate surface area is 141 Å². The molecule has 126 valence electrons. The first kappa shape index (κ1) is 15.3. The predicted octanol–water partition coefficient (Wildman–Crippen LogP) is 1.45. The summed E-state index contributed by atoms with van der Waals surface area (Å²) in [5.74, 6) is 0.401. The van der Waals surface area contributed by atoms with Crippen molar-refractivity contribution in [1.29, 1.82) is 0 Å². The van der Waals surface area contributed by atoms with Gasteiger partial charge in [0.1, 0.15) is 0 Å². The van der Waals surface area contributed by atoms with E-state index in [2.05, 4.69) is 26.4 Å². The molecule has 1 atom stereocenters. The number of carbonyl (C=O) groups is 1. The summed E-state index contributed by atoms with van der Waals surface area (Å²) in [5.41, 5.74) is 2.17. The van der Waals surface area contributed by atoms with Gasteiger partial charge in [-0.3, -0.25) is 19.4 Å². The Morgan fingerprint density at radius 2 is 2.17 bits per heavy atom. The van der Waals surface area contributed by atoms with Crippen molar-refractivity contribution in [2.45, 2.75) is 37.3 Å². The van der Waals surface area contributed by atoms with E-state index in [1.54, 1.807) is 0 Å². The maximum atomic E-state index is 12.1. The van der Waals surface area contributed by atoms with E-state index in [1.165, 1.54) is 5.56 Å². The predicted molar refractivity (Wildman–Crippen MR) is 90.2 cm³/mol. The minimum Gasteiger partial charge on any atom is -0.350 e. The summed E-state index contributed by atoms with van der Waals surface area (Å²) >= 11 is 0. The van der Waals surface area contributed by atoms with E-state index in [1.807, 2.05) is 42.5 Å².